The van der Waals surface area contributed by atoms with Crippen LogP contribution in [0.5, 0.6) is 0 Å². The number of likely N-dealkylation sites (N-methyl/N-ethyl adjacent to an activating group) is 1. The molecule has 0 bridgehead atoms. The zero-order chi connectivity index (χ0) is 16.8. The van der Waals surface area contributed by atoms with Gasteiger partial charge in [0, 0.05) is 12.1 Å². The highest BCUT2D eigenvalue weighted by Crippen LogP contribution is 2.17. The quantitative estimate of drug-likeness (QED) is 0.843. The Hall–Kier alpha value is -1.88. The first-order chi connectivity index (χ1) is 10.2. The summed E-state index contributed by atoms with van der Waals surface area (Å²) in [6, 6.07) is 9.04. The first kappa shape index (κ1) is 18.2. The molecule has 5 heteroatoms. The predicted molar refractivity (Wildman–Crippen MR) is 86.2 cm³/mol. The van der Waals surface area contributed by atoms with Crippen LogP contribution in [0.1, 0.15) is 45.8 Å². The van der Waals surface area contributed by atoms with Gasteiger partial charge in [0.2, 0.25) is 11.8 Å². The Morgan fingerprint density at radius 3 is 2.32 bits per heavy atom. The first-order valence-corrected chi connectivity index (χ1v) is 7.54. The molecule has 22 heavy (non-hydrogen) atoms. The van der Waals surface area contributed by atoms with Crippen LogP contribution < -0.4 is 5.32 Å². The van der Waals surface area contributed by atoms with Crippen LogP contribution in [0, 0.1) is 0 Å². The molecule has 1 aromatic carbocycles. The lowest BCUT2D eigenvalue weighted by atomic mass is 10.1. The second-order valence-corrected chi connectivity index (χ2v) is 6.34. The molecule has 0 fully saturated rings. The molecule has 0 saturated carbocycles. The fourth-order valence-corrected chi connectivity index (χ4v) is 2.10. The summed E-state index contributed by atoms with van der Waals surface area (Å²) in [5.74, 6) is -0.431. The van der Waals surface area contributed by atoms with Gasteiger partial charge in [-0.15, -0.1) is 0 Å². The Kier molecular flexibility index (Phi) is 6.56. The maximum absolute atomic E-state index is 12.2. The molecule has 1 rings (SSSR count). The number of carbonyl (C=O) groups excluding carboxylic acids is 2. The standard InChI is InChI=1S/C17H26N2O3/c1-5-19(12-15(21)18-17(2,3)4)16(22)11-14(20)13-9-7-6-8-10-13/h6-10,14,20H,5,11-12H2,1-4H3,(H,18,21). The molecule has 1 aromatic rings. The van der Waals surface area contributed by atoms with Crippen molar-refractivity contribution in [1.29, 1.82) is 0 Å². The van der Waals surface area contributed by atoms with Crippen LogP contribution in [-0.4, -0.2) is 40.4 Å². The maximum atomic E-state index is 12.2. The van der Waals surface area contributed by atoms with Crippen molar-refractivity contribution in [2.75, 3.05) is 13.1 Å². The van der Waals surface area contributed by atoms with Gasteiger partial charge in [-0.05, 0) is 33.3 Å². The average molecular weight is 306 g/mol. The van der Waals surface area contributed by atoms with Crippen LogP contribution in [0.4, 0.5) is 0 Å². The molecule has 0 saturated heterocycles. The number of hydrogen-bond donors (Lipinski definition) is 2. The first-order valence-electron chi connectivity index (χ1n) is 7.54. The van der Waals surface area contributed by atoms with Gasteiger partial charge in [0.15, 0.2) is 0 Å². The Bertz CT molecular complexity index is 494. The summed E-state index contributed by atoms with van der Waals surface area (Å²) in [7, 11) is 0. The lowest BCUT2D eigenvalue weighted by Crippen LogP contribution is -2.47. The van der Waals surface area contributed by atoms with Gasteiger partial charge in [-0.25, -0.2) is 0 Å². The second kappa shape index (κ2) is 7.94. The van der Waals surface area contributed by atoms with Gasteiger partial charge in [-0.3, -0.25) is 9.59 Å². The smallest absolute Gasteiger partial charge is 0.240 e. The third-order valence-corrected chi connectivity index (χ3v) is 3.14. The number of nitrogens with zero attached hydrogens (tertiary/aromatic N) is 1. The largest absolute Gasteiger partial charge is 0.388 e. The summed E-state index contributed by atoms with van der Waals surface area (Å²) < 4.78 is 0. The molecule has 0 aliphatic rings. The van der Waals surface area contributed by atoms with E-state index in [-0.39, 0.29) is 30.3 Å². The lowest BCUT2D eigenvalue weighted by Gasteiger charge is -2.25. The van der Waals surface area contributed by atoms with E-state index >= 15 is 0 Å². The second-order valence-electron chi connectivity index (χ2n) is 6.34. The molecule has 0 heterocycles. The van der Waals surface area contributed by atoms with Gasteiger partial charge in [-0.2, -0.15) is 0 Å². The van der Waals surface area contributed by atoms with Crippen molar-refractivity contribution in [3.63, 3.8) is 0 Å². The van der Waals surface area contributed by atoms with Crippen LogP contribution in [0.15, 0.2) is 30.3 Å². The summed E-state index contributed by atoms with van der Waals surface area (Å²) in [6.45, 7) is 7.93. The van der Waals surface area contributed by atoms with Crippen LogP contribution >= 0.6 is 0 Å². The minimum atomic E-state index is -0.853. The van der Waals surface area contributed by atoms with Crippen LogP contribution in [0.25, 0.3) is 0 Å². The molecule has 2 N–H and O–H groups in total. The molecule has 5 nitrogen and oxygen atoms in total. The van der Waals surface area contributed by atoms with Crippen LogP contribution in [-0.2, 0) is 9.59 Å². The molecule has 0 aromatic heterocycles. The van der Waals surface area contributed by atoms with E-state index in [1.165, 1.54) is 4.90 Å². The van der Waals surface area contributed by atoms with Gasteiger partial charge in [0.25, 0.3) is 0 Å². The van der Waals surface area contributed by atoms with Gasteiger partial charge in [-0.1, -0.05) is 30.3 Å². The van der Waals surface area contributed by atoms with E-state index in [0.29, 0.717) is 12.1 Å². The molecule has 0 aliphatic carbocycles. The summed E-state index contributed by atoms with van der Waals surface area (Å²) in [4.78, 5) is 25.6. The average Bonchev–Trinajstić information content (AvgIpc) is 2.43. The van der Waals surface area contributed by atoms with Crippen LogP contribution in [0.2, 0.25) is 0 Å². The summed E-state index contributed by atoms with van der Waals surface area (Å²) >= 11 is 0. The Labute approximate surface area is 132 Å². The van der Waals surface area contributed by atoms with E-state index in [2.05, 4.69) is 5.32 Å². The molecule has 1 unspecified atom stereocenters. The molecule has 2 amide bonds. The van der Waals surface area contributed by atoms with Crippen molar-refractivity contribution in [2.45, 2.75) is 45.8 Å². The van der Waals surface area contributed by atoms with Crippen molar-refractivity contribution < 1.29 is 14.7 Å². The van der Waals surface area contributed by atoms with Gasteiger partial charge >= 0.3 is 0 Å². The number of amides is 2. The monoisotopic (exact) mass is 306 g/mol. The normalized spacial score (nSPS) is 12.6. The molecular weight excluding hydrogens is 280 g/mol. The lowest BCUT2D eigenvalue weighted by molar-refractivity contribution is -0.138. The fourth-order valence-electron chi connectivity index (χ4n) is 2.10. The third-order valence-electron chi connectivity index (χ3n) is 3.14. The molecule has 0 aliphatic heterocycles. The predicted octanol–water partition coefficient (Wildman–Crippen LogP) is 1.87. The number of aliphatic hydroxyl groups excluding tert-OH is 1. The number of carbonyl (C=O) groups is 2. The fraction of sp³-hybridized carbons (Fsp3) is 0.529. The van der Waals surface area contributed by atoms with Crippen LogP contribution in [0.3, 0.4) is 0 Å². The van der Waals surface area contributed by atoms with E-state index in [1.807, 2.05) is 45.9 Å². The highest BCUT2D eigenvalue weighted by atomic mass is 16.3. The maximum Gasteiger partial charge on any atom is 0.240 e. The Morgan fingerprint density at radius 2 is 1.82 bits per heavy atom. The number of rotatable bonds is 6. The summed E-state index contributed by atoms with van der Waals surface area (Å²) in [5.41, 5.74) is 0.370. The van der Waals surface area contributed by atoms with E-state index in [4.69, 9.17) is 0 Å². The molecule has 0 radical (unpaired) electrons. The number of aliphatic hydroxyl groups is 1. The molecule has 122 valence electrons. The van der Waals surface area contributed by atoms with Crippen molar-refractivity contribution in [3.05, 3.63) is 35.9 Å². The molecule has 0 spiro atoms. The SMILES string of the molecule is CCN(CC(=O)NC(C)(C)C)C(=O)CC(O)c1ccccc1. The van der Waals surface area contributed by atoms with Crippen molar-refractivity contribution in [2.24, 2.45) is 0 Å². The molecular formula is C17H26N2O3. The highest BCUT2D eigenvalue weighted by Gasteiger charge is 2.21. The van der Waals surface area contributed by atoms with Gasteiger partial charge in [0.05, 0.1) is 19.1 Å². The number of hydrogen-bond acceptors (Lipinski definition) is 3. The summed E-state index contributed by atoms with van der Waals surface area (Å²) in [6.07, 6.45) is -0.880. The van der Waals surface area contributed by atoms with E-state index in [0.717, 1.165) is 0 Å². The number of benzene rings is 1. The van der Waals surface area contributed by atoms with Crippen molar-refractivity contribution in [3.8, 4) is 0 Å². The van der Waals surface area contributed by atoms with Gasteiger partial charge in [0.1, 0.15) is 0 Å². The van der Waals surface area contributed by atoms with E-state index in [9.17, 15) is 14.7 Å². The topological polar surface area (TPSA) is 69.6 Å². The zero-order valence-corrected chi connectivity index (χ0v) is 13.8. The van der Waals surface area contributed by atoms with Crippen molar-refractivity contribution in [1.82, 2.24) is 10.2 Å². The number of nitrogens with one attached hydrogen (secondary N) is 1. The van der Waals surface area contributed by atoms with E-state index < -0.39 is 6.10 Å². The Morgan fingerprint density at radius 1 is 1.23 bits per heavy atom. The minimum Gasteiger partial charge on any atom is -0.388 e. The highest BCUT2D eigenvalue weighted by molar-refractivity contribution is 5.85. The third kappa shape index (κ3) is 6.26. The summed E-state index contributed by atoms with van der Waals surface area (Å²) in [5, 5.41) is 12.9. The molecule has 1 atom stereocenters. The minimum absolute atomic E-state index is 0.00805. The Balaban J connectivity index is 2.59. The van der Waals surface area contributed by atoms with Crippen molar-refractivity contribution >= 4 is 11.8 Å². The van der Waals surface area contributed by atoms with Gasteiger partial charge < -0.3 is 15.3 Å². The zero-order valence-electron chi connectivity index (χ0n) is 13.8. The van der Waals surface area contributed by atoms with E-state index in [1.54, 1.807) is 12.1 Å².